The van der Waals surface area contributed by atoms with Crippen molar-refractivity contribution < 1.29 is 38.1 Å². The number of phenols is 2. The molecule has 4 rings (SSSR count). The molecule has 0 saturated heterocycles. The van der Waals surface area contributed by atoms with Gasteiger partial charge in [0.1, 0.15) is 11.3 Å². The molecule has 2 heterocycles. The van der Waals surface area contributed by atoms with Crippen LogP contribution in [0.2, 0.25) is 0 Å². The standard InChI is InChI=1S/C21H19N5O3.C2HF3O2/c1-2-11-5-3-4-6-14(11)24-17-13(19(22)29)10-23-21-18(17)25-20(26-21)12-7-8-15(27)16(28)9-12;3-2(4,5)1(6)7/h3-10,27-28H,2H2,1H3,(H2,22,29)(H2,23,24,25,26);(H,6,7). The lowest BCUT2D eigenvalue weighted by molar-refractivity contribution is -0.192. The minimum atomic E-state index is -5.08. The molecule has 0 aliphatic carbocycles. The first-order valence-corrected chi connectivity index (χ1v) is 10.3. The van der Waals surface area contributed by atoms with E-state index < -0.39 is 18.1 Å². The van der Waals surface area contributed by atoms with Gasteiger partial charge in [-0.05, 0) is 36.2 Å². The number of para-hydroxylation sites is 1. The number of aromatic hydroxyl groups is 2. The van der Waals surface area contributed by atoms with Gasteiger partial charge in [0.05, 0.1) is 11.3 Å². The molecule has 0 spiro atoms. The number of carboxylic acid groups (broad SMARTS) is 1. The molecule has 0 saturated carbocycles. The van der Waals surface area contributed by atoms with E-state index in [1.54, 1.807) is 6.07 Å². The number of carbonyl (C=O) groups excluding carboxylic acids is 1. The van der Waals surface area contributed by atoms with Crippen LogP contribution >= 0.6 is 0 Å². The lowest BCUT2D eigenvalue weighted by atomic mass is 10.1. The summed E-state index contributed by atoms with van der Waals surface area (Å²) in [5.74, 6) is -3.44. The Morgan fingerprint density at radius 3 is 2.36 bits per heavy atom. The van der Waals surface area contributed by atoms with E-state index >= 15 is 0 Å². The van der Waals surface area contributed by atoms with Crippen LogP contribution < -0.4 is 11.1 Å². The number of fused-ring (bicyclic) bond motifs is 1. The molecular weight excluding hydrogens is 483 g/mol. The topological polar surface area (TPSA) is 174 Å². The van der Waals surface area contributed by atoms with E-state index in [2.05, 4.69) is 20.3 Å². The van der Waals surface area contributed by atoms with Crippen molar-refractivity contribution in [3.05, 3.63) is 59.8 Å². The Morgan fingerprint density at radius 1 is 1.11 bits per heavy atom. The summed E-state index contributed by atoms with van der Waals surface area (Å²) in [4.78, 5) is 32.8. The number of nitrogens with two attached hydrogens (primary N) is 1. The first-order valence-electron chi connectivity index (χ1n) is 10.3. The Hall–Kier alpha value is -4.81. The summed E-state index contributed by atoms with van der Waals surface area (Å²) in [5, 5.41) is 29.7. The smallest absolute Gasteiger partial charge is 0.490 e. The van der Waals surface area contributed by atoms with Crippen molar-refractivity contribution in [1.82, 2.24) is 15.0 Å². The molecule has 0 unspecified atom stereocenters. The fraction of sp³-hybridized carbons (Fsp3) is 0.130. The Morgan fingerprint density at radius 2 is 1.78 bits per heavy atom. The number of aromatic amines is 1. The molecule has 1 amide bonds. The van der Waals surface area contributed by atoms with Crippen molar-refractivity contribution in [2.45, 2.75) is 19.5 Å². The lowest BCUT2D eigenvalue weighted by Crippen LogP contribution is -2.21. The molecule has 10 nitrogen and oxygen atoms in total. The minimum absolute atomic E-state index is 0.218. The second-order valence-electron chi connectivity index (χ2n) is 7.34. The number of anilines is 2. The number of nitrogens with one attached hydrogen (secondary N) is 2. The van der Waals surface area contributed by atoms with E-state index in [0.717, 1.165) is 17.7 Å². The van der Waals surface area contributed by atoms with Crippen molar-refractivity contribution in [3.8, 4) is 22.9 Å². The van der Waals surface area contributed by atoms with E-state index in [1.807, 2.05) is 31.2 Å². The van der Waals surface area contributed by atoms with Gasteiger partial charge in [0, 0.05) is 17.4 Å². The molecule has 0 aliphatic heterocycles. The zero-order valence-corrected chi connectivity index (χ0v) is 18.6. The van der Waals surface area contributed by atoms with Gasteiger partial charge in [-0.1, -0.05) is 25.1 Å². The van der Waals surface area contributed by atoms with E-state index in [-0.39, 0.29) is 17.1 Å². The number of halogens is 3. The largest absolute Gasteiger partial charge is 0.504 e. The maximum atomic E-state index is 12.0. The highest BCUT2D eigenvalue weighted by atomic mass is 19.4. The zero-order valence-electron chi connectivity index (χ0n) is 18.6. The van der Waals surface area contributed by atoms with Crippen LogP contribution in [0.5, 0.6) is 11.5 Å². The molecule has 13 heteroatoms. The Balaban J connectivity index is 0.000000454. The quantitative estimate of drug-likeness (QED) is 0.221. The fourth-order valence-electron chi connectivity index (χ4n) is 3.16. The zero-order chi connectivity index (χ0) is 26.6. The van der Waals surface area contributed by atoms with Crippen LogP contribution in [0.4, 0.5) is 24.5 Å². The molecule has 36 heavy (non-hydrogen) atoms. The van der Waals surface area contributed by atoms with Crippen LogP contribution in [0.25, 0.3) is 22.6 Å². The normalized spacial score (nSPS) is 11.0. The molecule has 0 aliphatic rings. The van der Waals surface area contributed by atoms with Gasteiger partial charge in [-0.2, -0.15) is 13.2 Å². The van der Waals surface area contributed by atoms with Crippen LogP contribution in [0.15, 0.2) is 48.7 Å². The fourth-order valence-corrected chi connectivity index (χ4v) is 3.16. The maximum Gasteiger partial charge on any atom is 0.490 e. The number of rotatable bonds is 5. The number of amides is 1. The molecule has 0 bridgehead atoms. The van der Waals surface area contributed by atoms with Crippen molar-refractivity contribution in [3.63, 3.8) is 0 Å². The second kappa shape index (κ2) is 10.2. The average Bonchev–Trinajstić information content (AvgIpc) is 3.26. The first-order chi connectivity index (χ1) is 16.9. The summed E-state index contributed by atoms with van der Waals surface area (Å²) >= 11 is 0. The van der Waals surface area contributed by atoms with E-state index in [0.29, 0.717) is 28.2 Å². The van der Waals surface area contributed by atoms with Crippen molar-refractivity contribution in [1.29, 1.82) is 0 Å². The third-order valence-electron chi connectivity index (χ3n) is 4.93. The summed E-state index contributed by atoms with van der Waals surface area (Å²) in [6.45, 7) is 2.04. The number of alkyl halides is 3. The minimum Gasteiger partial charge on any atom is -0.504 e. The van der Waals surface area contributed by atoms with Crippen molar-refractivity contribution in [2.75, 3.05) is 5.32 Å². The summed E-state index contributed by atoms with van der Waals surface area (Å²) in [5.41, 5.74) is 9.60. The van der Waals surface area contributed by atoms with Crippen LogP contribution in [-0.2, 0) is 11.2 Å². The lowest BCUT2D eigenvalue weighted by Gasteiger charge is -2.13. The summed E-state index contributed by atoms with van der Waals surface area (Å²) in [6, 6.07) is 12.1. The second-order valence-corrected chi connectivity index (χ2v) is 7.34. The highest BCUT2D eigenvalue weighted by Crippen LogP contribution is 2.33. The number of nitrogens with zero attached hydrogens (tertiary/aromatic N) is 2. The van der Waals surface area contributed by atoms with Crippen molar-refractivity contribution in [2.24, 2.45) is 5.73 Å². The van der Waals surface area contributed by atoms with Gasteiger partial charge >= 0.3 is 12.1 Å². The number of pyridine rings is 1. The van der Waals surface area contributed by atoms with Gasteiger partial charge in [-0.15, -0.1) is 0 Å². The van der Waals surface area contributed by atoms with Crippen molar-refractivity contribution >= 4 is 34.4 Å². The highest BCUT2D eigenvalue weighted by molar-refractivity contribution is 6.06. The Kier molecular flexibility index (Phi) is 7.32. The van der Waals surface area contributed by atoms with E-state index in [4.69, 9.17) is 15.6 Å². The van der Waals surface area contributed by atoms with Gasteiger partial charge in [0.15, 0.2) is 17.1 Å². The number of primary amides is 1. The molecule has 7 N–H and O–H groups in total. The van der Waals surface area contributed by atoms with Crippen LogP contribution in [0.3, 0.4) is 0 Å². The van der Waals surface area contributed by atoms with Gasteiger partial charge in [-0.3, -0.25) is 4.79 Å². The first kappa shape index (κ1) is 25.8. The summed E-state index contributed by atoms with van der Waals surface area (Å²) < 4.78 is 31.7. The number of phenolic OH excluding ortho intramolecular Hbond substituents is 2. The predicted molar refractivity (Wildman–Crippen MR) is 124 cm³/mol. The Bertz CT molecular complexity index is 1440. The van der Waals surface area contributed by atoms with Gasteiger partial charge in [-0.25, -0.2) is 14.8 Å². The molecule has 0 radical (unpaired) electrons. The number of benzene rings is 2. The number of H-pyrrole nitrogens is 1. The third-order valence-corrected chi connectivity index (χ3v) is 4.93. The molecule has 2 aromatic heterocycles. The molecule has 188 valence electrons. The maximum absolute atomic E-state index is 12.0. The van der Waals surface area contributed by atoms with Crippen LogP contribution in [0, 0.1) is 0 Å². The number of hydrogen-bond donors (Lipinski definition) is 6. The highest BCUT2D eigenvalue weighted by Gasteiger charge is 2.38. The van der Waals surface area contributed by atoms with Crippen LogP contribution in [0.1, 0.15) is 22.8 Å². The van der Waals surface area contributed by atoms with E-state index in [1.165, 1.54) is 18.3 Å². The number of aryl methyl sites for hydroxylation is 1. The van der Waals surface area contributed by atoms with Gasteiger partial charge < -0.3 is 31.4 Å². The number of hydrogen-bond acceptors (Lipinski definition) is 7. The molecule has 4 aromatic rings. The molecule has 0 fully saturated rings. The van der Waals surface area contributed by atoms with Crippen LogP contribution in [-0.4, -0.2) is 48.3 Å². The number of imidazole rings is 1. The number of aliphatic carboxylic acids is 1. The Labute approximate surface area is 201 Å². The molecule has 0 atom stereocenters. The SMILES string of the molecule is CCc1ccccc1Nc1c(C(N)=O)cnc2[nH]c(-c3ccc(O)c(O)c3)nc12.O=C(O)C(F)(F)F. The monoisotopic (exact) mass is 503 g/mol. The number of carbonyl (C=O) groups is 2. The number of aromatic nitrogens is 3. The summed E-state index contributed by atoms with van der Waals surface area (Å²) in [7, 11) is 0. The molecular formula is C23H20F3N5O5. The third kappa shape index (κ3) is 5.63. The van der Waals surface area contributed by atoms with Gasteiger partial charge in [0.2, 0.25) is 0 Å². The number of carboxylic acids is 1. The van der Waals surface area contributed by atoms with E-state index in [9.17, 15) is 28.2 Å². The average molecular weight is 503 g/mol. The summed E-state index contributed by atoms with van der Waals surface area (Å²) in [6.07, 6.45) is -2.88. The van der Waals surface area contributed by atoms with Gasteiger partial charge in [0.25, 0.3) is 5.91 Å². The molecule has 2 aromatic carbocycles. The predicted octanol–water partition coefficient (Wildman–Crippen LogP) is 4.07.